The van der Waals surface area contributed by atoms with E-state index >= 15 is 0 Å². The maximum Gasteiger partial charge on any atom is 0.221 e. The van der Waals surface area contributed by atoms with Gasteiger partial charge in [-0.3, -0.25) is 5.41 Å². The third kappa shape index (κ3) is 0.665. The molecule has 0 aromatic rings. The molecule has 0 atom stereocenters. The predicted molar refractivity (Wildman–Crippen MR) is 31.4 cm³/mol. The first kappa shape index (κ1) is 5.15. The molecular formula is C5H8N3. The third-order valence-electron chi connectivity index (χ3n) is 1.06. The molecule has 1 rings (SSSR count). The van der Waals surface area contributed by atoms with Gasteiger partial charge in [-0.1, -0.05) is 0 Å². The molecule has 0 saturated carbocycles. The van der Waals surface area contributed by atoms with Crippen LogP contribution in [0.3, 0.4) is 0 Å². The fraction of sp³-hybridized carbons (Fsp3) is 0.400. The lowest BCUT2D eigenvalue weighted by molar-refractivity contribution is 0.589. The van der Waals surface area contributed by atoms with Crippen molar-refractivity contribution in [2.45, 2.75) is 6.92 Å². The summed E-state index contributed by atoms with van der Waals surface area (Å²) in [5.74, 6) is 0.340. The van der Waals surface area contributed by atoms with Crippen molar-refractivity contribution in [2.24, 2.45) is 0 Å². The fourth-order valence-corrected chi connectivity index (χ4v) is 0.584. The van der Waals surface area contributed by atoms with E-state index in [1.165, 1.54) is 0 Å². The number of nitrogens with zero attached hydrogens (tertiary/aromatic N) is 2. The average molecular weight is 110 g/mol. The Morgan fingerprint density at radius 2 is 2.62 bits per heavy atom. The quantitative estimate of drug-likeness (QED) is 0.519. The summed E-state index contributed by atoms with van der Waals surface area (Å²) in [6.07, 6.45) is 3.42. The van der Waals surface area contributed by atoms with E-state index in [-0.39, 0.29) is 0 Å². The van der Waals surface area contributed by atoms with Gasteiger partial charge in [0.05, 0.1) is 0 Å². The van der Waals surface area contributed by atoms with Crippen molar-refractivity contribution in [3.05, 3.63) is 12.4 Å². The van der Waals surface area contributed by atoms with Gasteiger partial charge in [-0.05, 0) is 6.92 Å². The number of rotatable bonds is 1. The molecule has 8 heavy (non-hydrogen) atoms. The lowest BCUT2D eigenvalue weighted by Gasteiger charge is -2.08. The van der Waals surface area contributed by atoms with Crippen LogP contribution in [0.15, 0.2) is 12.4 Å². The van der Waals surface area contributed by atoms with Gasteiger partial charge in [-0.15, -0.1) is 0 Å². The molecule has 0 amide bonds. The molecule has 0 aliphatic carbocycles. The van der Waals surface area contributed by atoms with Gasteiger partial charge in [0.25, 0.3) is 0 Å². The number of guanidine groups is 1. The van der Waals surface area contributed by atoms with Gasteiger partial charge in [-0.25, -0.2) is 5.32 Å². The van der Waals surface area contributed by atoms with Crippen molar-refractivity contribution in [3.8, 4) is 0 Å². The van der Waals surface area contributed by atoms with Crippen LogP contribution >= 0.6 is 0 Å². The summed E-state index contributed by atoms with van der Waals surface area (Å²) >= 11 is 0. The smallest absolute Gasteiger partial charge is 0.221 e. The maximum absolute atomic E-state index is 7.10. The van der Waals surface area contributed by atoms with Gasteiger partial charge in [0.15, 0.2) is 0 Å². The molecule has 1 aliphatic heterocycles. The molecule has 0 fully saturated rings. The van der Waals surface area contributed by atoms with Crippen molar-refractivity contribution in [1.29, 1.82) is 5.41 Å². The second kappa shape index (κ2) is 1.86. The van der Waals surface area contributed by atoms with Crippen LogP contribution in [0, 0.1) is 5.41 Å². The predicted octanol–water partition coefficient (Wildman–Crippen LogP) is 0.332. The van der Waals surface area contributed by atoms with E-state index in [4.69, 9.17) is 5.41 Å². The Bertz CT molecular complexity index is 128. The monoisotopic (exact) mass is 110 g/mol. The van der Waals surface area contributed by atoms with Gasteiger partial charge in [0.2, 0.25) is 5.96 Å². The molecular weight excluding hydrogens is 102 g/mol. The molecule has 0 aromatic carbocycles. The van der Waals surface area contributed by atoms with Crippen LogP contribution in [0.5, 0.6) is 0 Å². The fourth-order valence-electron chi connectivity index (χ4n) is 0.584. The van der Waals surface area contributed by atoms with E-state index in [0.29, 0.717) is 5.96 Å². The highest BCUT2D eigenvalue weighted by atomic mass is 15.3. The Labute approximate surface area is 48.5 Å². The zero-order chi connectivity index (χ0) is 5.98. The van der Waals surface area contributed by atoms with Crippen LogP contribution in [0.1, 0.15) is 6.92 Å². The van der Waals surface area contributed by atoms with Gasteiger partial charge in [0.1, 0.15) is 0 Å². The van der Waals surface area contributed by atoms with E-state index < -0.39 is 0 Å². The summed E-state index contributed by atoms with van der Waals surface area (Å²) in [5.41, 5.74) is 0. The zero-order valence-electron chi connectivity index (χ0n) is 4.76. The lowest BCUT2D eigenvalue weighted by Crippen LogP contribution is -2.24. The summed E-state index contributed by atoms with van der Waals surface area (Å²) in [7, 11) is 0. The highest BCUT2D eigenvalue weighted by molar-refractivity contribution is 5.80. The molecule has 1 radical (unpaired) electrons. The van der Waals surface area contributed by atoms with Crippen LogP contribution in [-0.4, -0.2) is 17.4 Å². The number of hydrogen-bond donors (Lipinski definition) is 1. The van der Waals surface area contributed by atoms with Crippen molar-refractivity contribution in [3.63, 3.8) is 0 Å². The first-order valence-electron chi connectivity index (χ1n) is 2.57. The van der Waals surface area contributed by atoms with E-state index in [9.17, 15) is 0 Å². The standard InChI is InChI=1S/C5H8N3/c1-2-8-4-3-7-5(8)6/h3-4,6H,2H2,1H3. The second-order valence-corrected chi connectivity index (χ2v) is 1.54. The summed E-state index contributed by atoms with van der Waals surface area (Å²) in [4.78, 5) is 1.76. The first-order chi connectivity index (χ1) is 3.84. The normalized spacial score (nSPS) is 17.1. The van der Waals surface area contributed by atoms with Gasteiger partial charge >= 0.3 is 0 Å². The highest BCUT2D eigenvalue weighted by Crippen LogP contribution is 1.95. The minimum absolute atomic E-state index is 0.340. The van der Waals surface area contributed by atoms with Crippen LogP contribution < -0.4 is 5.32 Å². The van der Waals surface area contributed by atoms with E-state index in [1.54, 1.807) is 17.3 Å². The van der Waals surface area contributed by atoms with Crippen molar-refractivity contribution in [2.75, 3.05) is 6.54 Å². The minimum atomic E-state index is 0.340. The van der Waals surface area contributed by atoms with Crippen LogP contribution in [-0.2, 0) is 0 Å². The molecule has 0 unspecified atom stereocenters. The molecule has 0 aromatic heterocycles. The van der Waals surface area contributed by atoms with Crippen molar-refractivity contribution >= 4 is 5.96 Å². The van der Waals surface area contributed by atoms with Crippen LogP contribution in [0.2, 0.25) is 0 Å². The Hall–Kier alpha value is -0.990. The van der Waals surface area contributed by atoms with E-state index in [2.05, 4.69) is 5.32 Å². The van der Waals surface area contributed by atoms with E-state index in [1.807, 2.05) is 6.92 Å². The topological polar surface area (TPSA) is 41.2 Å². The summed E-state index contributed by atoms with van der Waals surface area (Å²) in [5, 5.41) is 10.8. The summed E-state index contributed by atoms with van der Waals surface area (Å²) < 4.78 is 0. The molecule has 0 saturated heterocycles. The largest absolute Gasteiger partial charge is 0.316 e. The third-order valence-corrected chi connectivity index (χ3v) is 1.06. The molecule has 0 bridgehead atoms. The molecule has 43 valence electrons. The Balaban J connectivity index is 2.53. The maximum atomic E-state index is 7.10. The number of hydrogen-bond acceptors (Lipinski definition) is 1. The summed E-state index contributed by atoms with van der Waals surface area (Å²) in [6, 6.07) is 0. The summed E-state index contributed by atoms with van der Waals surface area (Å²) in [6.45, 7) is 2.82. The Morgan fingerprint density at radius 1 is 1.88 bits per heavy atom. The van der Waals surface area contributed by atoms with Gasteiger partial charge in [0, 0.05) is 18.9 Å². The van der Waals surface area contributed by atoms with E-state index in [0.717, 1.165) is 6.54 Å². The van der Waals surface area contributed by atoms with Crippen molar-refractivity contribution in [1.82, 2.24) is 10.2 Å². The molecule has 3 heteroatoms. The first-order valence-corrected chi connectivity index (χ1v) is 2.57. The van der Waals surface area contributed by atoms with Gasteiger partial charge in [-0.2, -0.15) is 0 Å². The van der Waals surface area contributed by atoms with Crippen molar-refractivity contribution < 1.29 is 0 Å². The molecule has 1 N–H and O–H groups in total. The zero-order valence-corrected chi connectivity index (χ0v) is 4.76. The van der Waals surface area contributed by atoms with Crippen LogP contribution in [0.25, 0.3) is 0 Å². The van der Waals surface area contributed by atoms with Crippen LogP contribution in [0.4, 0.5) is 0 Å². The second-order valence-electron chi connectivity index (χ2n) is 1.54. The number of nitrogens with one attached hydrogen (secondary N) is 1. The Kier molecular flexibility index (Phi) is 1.20. The molecule has 1 heterocycles. The molecule has 1 aliphatic rings. The molecule has 3 nitrogen and oxygen atoms in total. The Morgan fingerprint density at radius 3 is 2.88 bits per heavy atom. The SMILES string of the molecule is CCN1C=C[N]C1=N. The molecule has 0 spiro atoms. The average Bonchev–Trinajstić information content (AvgIpc) is 2.14. The minimum Gasteiger partial charge on any atom is -0.316 e. The highest BCUT2D eigenvalue weighted by Gasteiger charge is 2.07. The van der Waals surface area contributed by atoms with Gasteiger partial charge < -0.3 is 4.90 Å². The lowest BCUT2D eigenvalue weighted by atomic mass is 10.6.